The fourth-order valence-electron chi connectivity index (χ4n) is 2.03. The molecule has 2 aromatic heterocycles. The van der Waals surface area contributed by atoms with Crippen LogP contribution in [0, 0.1) is 13.8 Å². The van der Waals surface area contributed by atoms with E-state index in [9.17, 15) is 4.79 Å². The predicted molar refractivity (Wildman–Crippen MR) is 61.6 cm³/mol. The third kappa shape index (κ3) is 1.41. The maximum atomic E-state index is 11.8. The summed E-state index contributed by atoms with van der Waals surface area (Å²) in [7, 11) is 0. The van der Waals surface area contributed by atoms with E-state index in [1.165, 1.54) is 0 Å². The second-order valence-corrected chi connectivity index (χ2v) is 4.50. The average Bonchev–Trinajstić information content (AvgIpc) is 2.99. The number of fused-ring (bicyclic) bond motifs is 1. The Morgan fingerprint density at radius 3 is 2.75 bits per heavy atom. The lowest BCUT2D eigenvalue weighted by Gasteiger charge is -2.04. The SMILES string of the molecule is Cc1cc(C)c2nc(C3CC3)c(=O)[nH]c2n1. The van der Waals surface area contributed by atoms with Crippen molar-refractivity contribution in [3.8, 4) is 0 Å². The Morgan fingerprint density at radius 1 is 1.31 bits per heavy atom. The highest BCUT2D eigenvalue weighted by atomic mass is 16.1. The van der Waals surface area contributed by atoms with Crippen LogP contribution in [0.5, 0.6) is 0 Å². The van der Waals surface area contributed by atoms with Gasteiger partial charge in [-0.1, -0.05) is 0 Å². The normalized spacial score (nSPS) is 15.6. The van der Waals surface area contributed by atoms with Gasteiger partial charge in [0.2, 0.25) is 0 Å². The molecule has 4 nitrogen and oxygen atoms in total. The highest BCUT2D eigenvalue weighted by molar-refractivity contribution is 5.73. The Morgan fingerprint density at radius 2 is 2.06 bits per heavy atom. The van der Waals surface area contributed by atoms with Gasteiger partial charge in [0.15, 0.2) is 5.65 Å². The summed E-state index contributed by atoms with van der Waals surface area (Å²) in [5.74, 6) is 0.369. The number of hydrogen-bond donors (Lipinski definition) is 1. The second kappa shape index (κ2) is 3.14. The number of nitrogens with one attached hydrogen (secondary N) is 1. The van der Waals surface area contributed by atoms with Gasteiger partial charge in [0.1, 0.15) is 11.2 Å². The van der Waals surface area contributed by atoms with E-state index in [1.54, 1.807) is 0 Å². The van der Waals surface area contributed by atoms with Crippen LogP contribution in [-0.4, -0.2) is 15.0 Å². The molecule has 4 heteroatoms. The molecule has 82 valence electrons. The van der Waals surface area contributed by atoms with E-state index >= 15 is 0 Å². The van der Waals surface area contributed by atoms with Gasteiger partial charge < -0.3 is 4.98 Å². The van der Waals surface area contributed by atoms with Crippen molar-refractivity contribution in [2.45, 2.75) is 32.6 Å². The van der Waals surface area contributed by atoms with Crippen LogP contribution in [0.1, 0.15) is 35.7 Å². The first-order valence-corrected chi connectivity index (χ1v) is 5.53. The van der Waals surface area contributed by atoms with Gasteiger partial charge in [0.25, 0.3) is 5.56 Å². The number of aromatic amines is 1. The lowest BCUT2D eigenvalue weighted by molar-refractivity contribution is 0.970. The molecule has 0 aliphatic heterocycles. The highest BCUT2D eigenvalue weighted by Gasteiger charge is 2.28. The molecular formula is C12H13N3O. The van der Waals surface area contributed by atoms with Crippen LogP contribution in [0.3, 0.4) is 0 Å². The van der Waals surface area contributed by atoms with Crippen LogP contribution >= 0.6 is 0 Å². The first kappa shape index (κ1) is 9.51. The standard InChI is InChI=1S/C12H13N3O/c1-6-5-7(2)13-11-9(6)14-10(8-3-4-8)12(16)15-11/h5,8H,3-4H2,1-2H3,(H,13,15,16). The van der Waals surface area contributed by atoms with Crippen molar-refractivity contribution in [1.29, 1.82) is 0 Å². The molecule has 2 aromatic rings. The number of aromatic nitrogens is 3. The maximum absolute atomic E-state index is 11.8. The molecule has 0 aromatic carbocycles. The van der Waals surface area contributed by atoms with Crippen LogP contribution in [0.25, 0.3) is 11.2 Å². The first-order valence-electron chi connectivity index (χ1n) is 5.53. The molecule has 3 rings (SSSR count). The van der Waals surface area contributed by atoms with E-state index in [1.807, 2.05) is 19.9 Å². The Bertz CT molecular complexity index is 626. The van der Waals surface area contributed by atoms with E-state index in [0.717, 1.165) is 29.6 Å². The van der Waals surface area contributed by atoms with E-state index in [4.69, 9.17) is 0 Å². The van der Waals surface area contributed by atoms with E-state index in [0.29, 0.717) is 17.3 Å². The molecule has 1 saturated carbocycles. The lowest BCUT2D eigenvalue weighted by Crippen LogP contribution is -2.15. The largest absolute Gasteiger partial charge is 0.304 e. The van der Waals surface area contributed by atoms with Gasteiger partial charge in [-0.3, -0.25) is 4.79 Å². The van der Waals surface area contributed by atoms with Crippen molar-refractivity contribution in [3.05, 3.63) is 33.4 Å². The summed E-state index contributed by atoms with van der Waals surface area (Å²) in [6.45, 7) is 3.92. The summed E-state index contributed by atoms with van der Waals surface area (Å²) in [6, 6.07) is 1.99. The number of rotatable bonds is 1. The fourth-order valence-corrected chi connectivity index (χ4v) is 2.03. The third-order valence-corrected chi connectivity index (χ3v) is 2.97. The third-order valence-electron chi connectivity index (χ3n) is 2.97. The summed E-state index contributed by atoms with van der Waals surface area (Å²) < 4.78 is 0. The molecular weight excluding hydrogens is 202 g/mol. The maximum Gasteiger partial charge on any atom is 0.271 e. The molecule has 2 heterocycles. The molecule has 0 radical (unpaired) electrons. The van der Waals surface area contributed by atoms with Crippen molar-refractivity contribution in [2.24, 2.45) is 0 Å². The molecule has 1 aliphatic rings. The van der Waals surface area contributed by atoms with Gasteiger partial charge >= 0.3 is 0 Å². The van der Waals surface area contributed by atoms with Crippen LogP contribution in [0.15, 0.2) is 10.9 Å². The van der Waals surface area contributed by atoms with Crippen molar-refractivity contribution in [3.63, 3.8) is 0 Å². The number of hydrogen-bond acceptors (Lipinski definition) is 3. The quantitative estimate of drug-likeness (QED) is 0.789. The van der Waals surface area contributed by atoms with Crippen LogP contribution < -0.4 is 5.56 Å². The molecule has 1 fully saturated rings. The zero-order valence-electron chi connectivity index (χ0n) is 9.37. The van der Waals surface area contributed by atoms with Crippen LogP contribution in [-0.2, 0) is 0 Å². The molecule has 1 aliphatic carbocycles. The Kier molecular flexibility index (Phi) is 1.87. The van der Waals surface area contributed by atoms with E-state index in [-0.39, 0.29) is 5.56 Å². The fraction of sp³-hybridized carbons (Fsp3) is 0.417. The Hall–Kier alpha value is -1.71. The molecule has 0 unspecified atom stereocenters. The number of aryl methyl sites for hydroxylation is 2. The lowest BCUT2D eigenvalue weighted by atomic mass is 10.2. The monoisotopic (exact) mass is 215 g/mol. The average molecular weight is 215 g/mol. The Labute approximate surface area is 92.8 Å². The summed E-state index contributed by atoms with van der Waals surface area (Å²) in [5.41, 5.74) is 4.01. The summed E-state index contributed by atoms with van der Waals surface area (Å²) in [6.07, 6.45) is 2.17. The number of pyridine rings is 1. The molecule has 0 atom stereocenters. The van der Waals surface area contributed by atoms with Crippen molar-refractivity contribution < 1.29 is 0 Å². The van der Waals surface area contributed by atoms with E-state index in [2.05, 4.69) is 15.0 Å². The molecule has 0 spiro atoms. The second-order valence-electron chi connectivity index (χ2n) is 4.50. The zero-order chi connectivity index (χ0) is 11.3. The summed E-state index contributed by atoms with van der Waals surface area (Å²) >= 11 is 0. The molecule has 16 heavy (non-hydrogen) atoms. The van der Waals surface area contributed by atoms with Gasteiger partial charge in [-0.05, 0) is 38.3 Å². The van der Waals surface area contributed by atoms with Gasteiger partial charge in [0.05, 0.1) is 0 Å². The smallest absolute Gasteiger partial charge is 0.271 e. The summed E-state index contributed by atoms with van der Waals surface area (Å²) in [5, 5.41) is 0. The molecule has 0 saturated heterocycles. The van der Waals surface area contributed by atoms with Gasteiger partial charge in [-0.15, -0.1) is 0 Å². The van der Waals surface area contributed by atoms with Crippen molar-refractivity contribution in [1.82, 2.24) is 15.0 Å². The minimum atomic E-state index is -0.0764. The van der Waals surface area contributed by atoms with E-state index < -0.39 is 0 Å². The zero-order valence-corrected chi connectivity index (χ0v) is 9.37. The molecule has 1 N–H and O–H groups in total. The highest BCUT2D eigenvalue weighted by Crippen LogP contribution is 2.37. The minimum absolute atomic E-state index is 0.0764. The van der Waals surface area contributed by atoms with Crippen molar-refractivity contribution >= 4 is 11.2 Å². The number of H-pyrrole nitrogens is 1. The topological polar surface area (TPSA) is 58.6 Å². The van der Waals surface area contributed by atoms with Gasteiger partial charge in [-0.25, -0.2) is 9.97 Å². The van der Waals surface area contributed by atoms with Crippen LogP contribution in [0.4, 0.5) is 0 Å². The summed E-state index contributed by atoms with van der Waals surface area (Å²) in [4.78, 5) is 23.4. The predicted octanol–water partition coefficient (Wildman–Crippen LogP) is 1.81. The number of nitrogens with zero attached hydrogens (tertiary/aromatic N) is 2. The minimum Gasteiger partial charge on any atom is -0.304 e. The van der Waals surface area contributed by atoms with Crippen molar-refractivity contribution in [2.75, 3.05) is 0 Å². The molecule has 0 bridgehead atoms. The molecule has 0 amide bonds. The first-order chi connectivity index (χ1) is 7.65. The van der Waals surface area contributed by atoms with Gasteiger partial charge in [0, 0.05) is 11.6 Å². The van der Waals surface area contributed by atoms with Crippen LogP contribution in [0.2, 0.25) is 0 Å². The Balaban J connectivity index is 2.35. The van der Waals surface area contributed by atoms with Gasteiger partial charge in [-0.2, -0.15) is 0 Å².